The van der Waals surface area contributed by atoms with Gasteiger partial charge in [0, 0.05) is 10.6 Å². The number of aryl methyl sites for hydroxylation is 2. The molecule has 0 bridgehead atoms. The van der Waals surface area contributed by atoms with E-state index in [0.717, 1.165) is 21.7 Å². The summed E-state index contributed by atoms with van der Waals surface area (Å²) >= 11 is 1.56. The van der Waals surface area contributed by atoms with Crippen LogP contribution in [-0.4, -0.2) is 18.7 Å². The fourth-order valence-corrected chi connectivity index (χ4v) is 2.27. The van der Waals surface area contributed by atoms with Crippen LogP contribution in [0.3, 0.4) is 0 Å². The number of rotatable bonds is 5. The van der Waals surface area contributed by atoms with Gasteiger partial charge >= 0.3 is 0 Å². The molecule has 2 rings (SSSR count). The average Bonchev–Trinajstić information content (AvgIpc) is 2.91. The van der Waals surface area contributed by atoms with Gasteiger partial charge in [-0.1, -0.05) is 28.9 Å². The second-order valence-electron chi connectivity index (χ2n) is 4.39. The molecular formula is C15H16N2O2S. The molecule has 0 aliphatic heterocycles. The number of nitrogens with one attached hydrogen (secondary N) is 1. The van der Waals surface area contributed by atoms with Crippen molar-refractivity contribution in [1.29, 1.82) is 0 Å². The van der Waals surface area contributed by atoms with Crippen molar-refractivity contribution in [2.75, 3.05) is 11.9 Å². The number of carbonyl (C=O) groups excluding carboxylic acids is 1. The van der Waals surface area contributed by atoms with Crippen molar-refractivity contribution in [2.24, 2.45) is 5.16 Å². The summed E-state index contributed by atoms with van der Waals surface area (Å²) in [5.74, 6) is -0.222. The van der Waals surface area contributed by atoms with Crippen molar-refractivity contribution in [2.45, 2.75) is 13.8 Å². The van der Waals surface area contributed by atoms with E-state index in [-0.39, 0.29) is 12.5 Å². The smallest absolute Gasteiger partial charge is 0.265 e. The van der Waals surface area contributed by atoms with Crippen molar-refractivity contribution >= 4 is 29.1 Å². The Morgan fingerprint density at radius 3 is 2.95 bits per heavy atom. The van der Waals surface area contributed by atoms with Crippen LogP contribution in [0.25, 0.3) is 0 Å². The average molecular weight is 288 g/mol. The maximum atomic E-state index is 11.7. The monoisotopic (exact) mass is 288 g/mol. The minimum atomic E-state index is -0.222. The molecule has 20 heavy (non-hydrogen) atoms. The first kappa shape index (κ1) is 14.3. The second-order valence-corrected chi connectivity index (χ2v) is 5.37. The molecule has 5 heteroatoms. The lowest BCUT2D eigenvalue weighted by atomic mass is 10.1. The number of hydrogen-bond donors (Lipinski definition) is 1. The largest absolute Gasteiger partial charge is 0.386 e. The van der Waals surface area contributed by atoms with Gasteiger partial charge in [-0.3, -0.25) is 4.79 Å². The first-order valence-corrected chi connectivity index (χ1v) is 7.09. The van der Waals surface area contributed by atoms with Crippen LogP contribution in [0.1, 0.15) is 16.0 Å². The Morgan fingerprint density at radius 2 is 2.25 bits per heavy atom. The third-order valence-corrected chi connectivity index (χ3v) is 3.46. The van der Waals surface area contributed by atoms with Gasteiger partial charge in [0.1, 0.15) is 0 Å². The van der Waals surface area contributed by atoms with Crippen LogP contribution >= 0.6 is 11.3 Å². The Morgan fingerprint density at radius 1 is 1.40 bits per heavy atom. The van der Waals surface area contributed by atoms with Gasteiger partial charge < -0.3 is 10.2 Å². The van der Waals surface area contributed by atoms with Crippen LogP contribution in [0.4, 0.5) is 5.69 Å². The molecule has 0 saturated carbocycles. The minimum absolute atomic E-state index is 0.102. The van der Waals surface area contributed by atoms with Crippen LogP contribution in [0.2, 0.25) is 0 Å². The van der Waals surface area contributed by atoms with Gasteiger partial charge in [0.05, 0.1) is 6.21 Å². The Balaban J connectivity index is 1.80. The molecule has 1 N–H and O–H groups in total. The van der Waals surface area contributed by atoms with Crippen LogP contribution in [0, 0.1) is 13.8 Å². The van der Waals surface area contributed by atoms with E-state index in [2.05, 4.69) is 10.5 Å². The number of thiophene rings is 1. The molecular weight excluding hydrogens is 272 g/mol. The van der Waals surface area contributed by atoms with E-state index in [0.29, 0.717) is 0 Å². The molecule has 0 saturated heterocycles. The minimum Gasteiger partial charge on any atom is -0.386 e. The van der Waals surface area contributed by atoms with Crippen LogP contribution in [0.5, 0.6) is 0 Å². The van der Waals surface area contributed by atoms with E-state index >= 15 is 0 Å². The number of anilines is 1. The normalized spacial score (nSPS) is 10.7. The van der Waals surface area contributed by atoms with Crippen molar-refractivity contribution < 1.29 is 9.63 Å². The first-order chi connectivity index (χ1) is 9.65. The third kappa shape index (κ3) is 4.20. The highest BCUT2D eigenvalue weighted by molar-refractivity contribution is 7.11. The predicted molar refractivity (Wildman–Crippen MR) is 82.4 cm³/mol. The zero-order valence-electron chi connectivity index (χ0n) is 11.4. The number of nitrogens with zero attached hydrogens (tertiary/aromatic N) is 1. The molecule has 2 aromatic rings. The summed E-state index contributed by atoms with van der Waals surface area (Å²) in [6, 6.07) is 9.72. The Labute approximate surface area is 122 Å². The highest BCUT2D eigenvalue weighted by Gasteiger charge is 2.05. The number of oxime groups is 1. The van der Waals surface area contributed by atoms with Gasteiger partial charge in [0.15, 0.2) is 6.61 Å². The molecule has 0 spiro atoms. The maximum Gasteiger partial charge on any atom is 0.265 e. The van der Waals surface area contributed by atoms with E-state index in [1.165, 1.54) is 0 Å². The zero-order chi connectivity index (χ0) is 14.4. The maximum absolute atomic E-state index is 11.7. The lowest BCUT2D eigenvalue weighted by molar-refractivity contribution is -0.120. The van der Waals surface area contributed by atoms with E-state index in [1.807, 2.05) is 49.6 Å². The zero-order valence-corrected chi connectivity index (χ0v) is 12.2. The van der Waals surface area contributed by atoms with Gasteiger partial charge in [0.25, 0.3) is 5.91 Å². The van der Waals surface area contributed by atoms with Crippen LogP contribution in [0.15, 0.2) is 40.9 Å². The van der Waals surface area contributed by atoms with E-state index in [1.54, 1.807) is 17.6 Å². The molecule has 1 heterocycles. The number of carbonyl (C=O) groups is 1. The van der Waals surface area contributed by atoms with E-state index in [9.17, 15) is 4.79 Å². The molecule has 0 fully saturated rings. The van der Waals surface area contributed by atoms with Crippen LogP contribution in [-0.2, 0) is 9.63 Å². The van der Waals surface area contributed by atoms with Gasteiger partial charge in [-0.15, -0.1) is 11.3 Å². The molecule has 0 aliphatic carbocycles. The summed E-state index contributed by atoms with van der Waals surface area (Å²) in [6.07, 6.45) is 1.59. The molecule has 0 radical (unpaired) electrons. The molecule has 0 aliphatic rings. The Kier molecular flexibility index (Phi) is 4.90. The van der Waals surface area contributed by atoms with Crippen molar-refractivity contribution in [3.63, 3.8) is 0 Å². The van der Waals surface area contributed by atoms with Crippen molar-refractivity contribution in [1.82, 2.24) is 0 Å². The highest BCUT2D eigenvalue weighted by atomic mass is 32.1. The van der Waals surface area contributed by atoms with E-state index in [4.69, 9.17) is 4.84 Å². The molecule has 1 aromatic heterocycles. The van der Waals surface area contributed by atoms with E-state index < -0.39 is 0 Å². The van der Waals surface area contributed by atoms with Gasteiger partial charge in [-0.05, 0) is 36.9 Å². The summed E-state index contributed by atoms with van der Waals surface area (Å²) in [7, 11) is 0. The lowest BCUT2D eigenvalue weighted by Crippen LogP contribution is -2.17. The standard InChI is InChI=1S/C15H16N2O2S/c1-11-5-6-14(12(2)8-11)17-15(18)10-19-16-9-13-4-3-7-20-13/h3-9H,10H2,1-2H3,(H,17,18)/b16-9+. The summed E-state index contributed by atoms with van der Waals surface area (Å²) < 4.78 is 0. The SMILES string of the molecule is Cc1ccc(NC(=O)CO/N=C/c2cccs2)c(C)c1. The molecule has 1 aromatic carbocycles. The highest BCUT2D eigenvalue weighted by Crippen LogP contribution is 2.15. The summed E-state index contributed by atoms with van der Waals surface area (Å²) in [5, 5.41) is 8.51. The summed E-state index contributed by atoms with van der Waals surface area (Å²) in [5.41, 5.74) is 2.99. The first-order valence-electron chi connectivity index (χ1n) is 6.21. The van der Waals surface area contributed by atoms with Gasteiger partial charge in [-0.2, -0.15) is 0 Å². The van der Waals surface area contributed by atoms with Gasteiger partial charge in [0.2, 0.25) is 0 Å². The molecule has 4 nitrogen and oxygen atoms in total. The van der Waals surface area contributed by atoms with Crippen molar-refractivity contribution in [3.8, 4) is 0 Å². The summed E-state index contributed by atoms with van der Waals surface area (Å²) in [6.45, 7) is 3.87. The van der Waals surface area contributed by atoms with Crippen molar-refractivity contribution in [3.05, 3.63) is 51.7 Å². The third-order valence-electron chi connectivity index (χ3n) is 2.65. The Bertz CT molecular complexity index is 606. The fourth-order valence-electron chi connectivity index (χ4n) is 1.69. The second kappa shape index (κ2) is 6.86. The van der Waals surface area contributed by atoms with Gasteiger partial charge in [-0.25, -0.2) is 0 Å². The molecule has 104 valence electrons. The molecule has 0 unspecified atom stereocenters. The topological polar surface area (TPSA) is 50.7 Å². The summed E-state index contributed by atoms with van der Waals surface area (Å²) in [4.78, 5) is 17.7. The predicted octanol–water partition coefficient (Wildman–Crippen LogP) is 3.35. The fraction of sp³-hybridized carbons (Fsp3) is 0.200. The lowest BCUT2D eigenvalue weighted by Gasteiger charge is -2.08. The molecule has 1 amide bonds. The van der Waals surface area contributed by atoms with Crippen LogP contribution < -0.4 is 5.32 Å². The Hall–Kier alpha value is -2.14. The number of benzene rings is 1. The number of hydrogen-bond acceptors (Lipinski definition) is 4. The molecule has 0 atom stereocenters. The number of amides is 1. The quantitative estimate of drug-likeness (QED) is 0.677.